The Morgan fingerprint density at radius 3 is 2.80 bits per heavy atom. The van der Waals surface area contributed by atoms with E-state index in [1.54, 1.807) is 13.2 Å². The normalized spacial score (nSPS) is 11.9. The number of sulfonamides is 1. The first-order valence-corrected chi connectivity index (χ1v) is 7.97. The summed E-state index contributed by atoms with van der Waals surface area (Å²) in [6.45, 7) is 2.03. The topological polar surface area (TPSA) is 101 Å². The zero-order valence-electron chi connectivity index (χ0n) is 11.6. The number of methoxy groups -OCH3 is 1. The molecule has 116 valence electrons. The standard InChI is InChI=1S/C12H22N2O5S/c1-18-9-7-13-10-11-4-5-12(19-11)20(16,17)14-6-2-3-8-15/h4-5,13-15H,2-3,6-10H2,1H3. The highest BCUT2D eigenvalue weighted by Crippen LogP contribution is 2.13. The first kappa shape index (κ1) is 17.1. The number of hydrogen-bond donors (Lipinski definition) is 3. The summed E-state index contributed by atoms with van der Waals surface area (Å²) in [6.07, 6.45) is 1.15. The third-order valence-electron chi connectivity index (χ3n) is 2.56. The lowest BCUT2D eigenvalue weighted by molar-refractivity contribution is 0.198. The fourth-order valence-corrected chi connectivity index (χ4v) is 2.52. The maximum atomic E-state index is 11.9. The Balaban J connectivity index is 2.44. The molecule has 1 aromatic heterocycles. The minimum atomic E-state index is -3.61. The number of nitrogens with one attached hydrogen (secondary N) is 2. The van der Waals surface area contributed by atoms with E-state index in [0.717, 1.165) is 0 Å². The molecule has 0 fully saturated rings. The Hall–Kier alpha value is -0.930. The van der Waals surface area contributed by atoms with Gasteiger partial charge in [-0.1, -0.05) is 0 Å². The molecule has 0 unspecified atom stereocenters. The number of hydrogen-bond acceptors (Lipinski definition) is 6. The molecule has 0 bridgehead atoms. The lowest BCUT2D eigenvalue weighted by atomic mass is 10.3. The highest BCUT2D eigenvalue weighted by Gasteiger charge is 2.17. The monoisotopic (exact) mass is 306 g/mol. The summed E-state index contributed by atoms with van der Waals surface area (Å²) in [7, 11) is -1.99. The van der Waals surface area contributed by atoms with Crippen LogP contribution in [0.1, 0.15) is 18.6 Å². The smallest absolute Gasteiger partial charge is 0.273 e. The molecular formula is C12H22N2O5S. The van der Waals surface area contributed by atoms with Gasteiger partial charge in [-0.2, -0.15) is 0 Å². The molecule has 0 aromatic carbocycles. The highest BCUT2D eigenvalue weighted by molar-refractivity contribution is 7.89. The third-order valence-corrected chi connectivity index (χ3v) is 3.89. The largest absolute Gasteiger partial charge is 0.447 e. The molecule has 8 heteroatoms. The Kier molecular flexibility index (Phi) is 7.78. The van der Waals surface area contributed by atoms with E-state index >= 15 is 0 Å². The second-order valence-corrected chi connectivity index (χ2v) is 5.92. The molecule has 1 rings (SSSR count). The van der Waals surface area contributed by atoms with Crippen molar-refractivity contribution in [2.75, 3.05) is 33.4 Å². The third kappa shape index (κ3) is 6.02. The fourth-order valence-electron chi connectivity index (χ4n) is 1.50. The Labute approximate surface area is 119 Å². The Bertz CT molecular complexity index is 472. The van der Waals surface area contributed by atoms with Crippen LogP contribution in [0.25, 0.3) is 0 Å². The lowest BCUT2D eigenvalue weighted by Crippen LogP contribution is -2.24. The van der Waals surface area contributed by atoms with Gasteiger partial charge in [-0.3, -0.25) is 0 Å². The fraction of sp³-hybridized carbons (Fsp3) is 0.667. The van der Waals surface area contributed by atoms with Crippen molar-refractivity contribution in [2.24, 2.45) is 0 Å². The van der Waals surface area contributed by atoms with Crippen LogP contribution in [-0.4, -0.2) is 46.9 Å². The van der Waals surface area contributed by atoms with Crippen molar-refractivity contribution in [3.05, 3.63) is 17.9 Å². The van der Waals surface area contributed by atoms with Gasteiger partial charge in [-0.25, -0.2) is 13.1 Å². The minimum Gasteiger partial charge on any atom is -0.447 e. The van der Waals surface area contributed by atoms with E-state index in [9.17, 15) is 8.42 Å². The van der Waals surface area contributed by atoms with Gasteiger partial charge in [-0.15, -0.1) is 0 Å². The molecule has 0 aliphatic rings. The zero-order chi connectivity index (χ0) is 14.8. The number of ether oxygens (including phenoxy) is 1. The summed E-state index contributed by atoms with van der Waals surface area (Å²) < 4.78 is 36.4. The van der Waals surface area contributed by atoms with Crippen molar-refractivity contribution in [3.8, 4) is 0 Å². The number of aliphatic hydroxyl groups excluding tert-OH is 1. The minimum absolute atomic E-state index is 0.0553. The van der Waals surface area contributed by atoms with Gasteiger partial charge in [0.15, 0.2) is 0 Å². The van der Waals surface area contributed by atoms with Crippen LogP contribution in [0.2, 0.25) is 0 Å². The van der Waals surface area contributed by atoms with E-state index in [1.165, 1.54) is 6.07 Å². The van der Waals surface area contributed by atoms with Crippen LogP contribution in [0, 0.1) is 0 Å². The summed E-state index contributed by atoms with van der Waals surface area (Å²) in [4.78, 5) is 0. The second-order valence-electron chi connectivity index (χ2n) is 4.22. The summed E-state index contributed by atoms with van der Waals surface area (Å²) in [6, 6.07) is 3.06. The molecule has 0 radical (unpaired) electrons. The summed E-state index contributed by atoms with van der Waals surface area (Å²) >= 11 is 0. The molecule has 0 atom stereocenters. The van der Waals surface area contributed by atoms with Gasteiger partial charge in [0.05, 0.1) is 13.2 Å². The zero-order valence-corrected chi connectivity index (χ0v) is 12.4. The van der Waals surface area contributed by atoms with E-state index < -0.39 is 10.0 Å². The van der Waals surface area contributed by atoms with Crippen molar-refractivity contribution < 1.29 is 22.7 Å². The van der Waals surface area contributed by atoms with Crippen LogP contribution in [0.4, 0.5) is 0 Å². The van der Waals surface area contributed by atoms with Crippen molar-refractivity contribution in [2.45, 2.75) is 24.5 Å². The molecule has 0 amide bonds. The van der Waals surface area contributed by atoms with Crippen LogP contribution >= 0.6 is 0 Å². The van der Waals surface area contributed by atoms with E-state index in [-0.39, 0.29) is 18.2 Å². The first-order valence-electron chi connectivity index (χ1n) is 6.49. The van der Waals surface area contributed by atoms with Crippen molar-refractivity contribution in [3.63, 3.8) is 0 Å². The average molecular weight is 306 g/mol. The second kappa shape index (κ2) is 9.09. The van der Waals surface area contributed by atoms with Crippen LogP contribution in [0.5, 0.6) is 0 Å². The lowest BCUT2D eigenvalue weighted by Gasteiger charge is -2.04. The predicted octanol–water partition coefficient (Wildman–Crippen LogP) is 0.0664. The predicted molar refractivity (Wildman–Crippen MR) is 73.8 cm³/mol. The van der Waals surface area contributed by atoms with Gasteiger partial charge in [0.1, 0.15) is 5.76 Å². The molecule has 1 heterocycles. The molecule has 0 spiro atoms. The SMILES string of the molecule is COCCNCc1ccc(S(=O)(=O)NCCCCO)o1. The van der Waals surface area contributed by atoms with Crippen LogP contribution < -0.4 is 10.0 Å². The van der Waals surface area contributed by atoms with E-state index in [0.29, 0.717) is 38.3 Å². The maximum absolute atomic E-state index is 11.9. The molecule has 20 heavy (non-hydrogen) atoms. The summed E-state index contributed by atoms with van der Waals surface area (Å²) in [5, 5.41) is 11.6. The number of unbranched alkanes of at least 4 members (excludes halogenated alkanes) is 1. The molecule has 0 aliphatic heterocycles. The molecule has 0 saturated carbocycles. The van der Waals surface area contributed by atoms with E-state index in [1.807, 2.05) is 0 Å². The molecular weight excluding hydrogens is 284 g/mol. The van der Waals surface area contributed by atoms with Crippen LogP contribution in [-0.2, 0) is 21.3 Å². The number of rotatable bonds is 11. The number of aliphatic hydroxyl groups is 1. The van der Waals surface area contributed by atoms with Gasteiger partial charge >= 0.3 is 0 Å². The van der Waals surface area contributed by atoms with Gasteiger partial charge in [0.2, 0.25) is 5.09 Å². The van der Waals surface area contributed by atoms with Crippen LogP contribution in [0.3, 0.4) is 0 Å². The van der Waals surface area contributed by atoms with Crippen molar-refractivity contribution in [1.82, 2.24) is 10.0 Å². The van der Waals surface area contributed by atoms with Crippen molar-refractivity contribution in [1.29, 1.82) is 0 Å². The molecule has 0 aliphatic carbocycles. The quantitative estimate of drug-likeness (QED) is 0.500. The van der Waals surface area contributed by atoms with E-state index in [4.69, 9.17) is 14.3 Å². The molecule has 0 saturated heterocycles. The van der Waals surface area contributed by atoms with Gasteiger partial charge in [-0.05, 0) is 25.0 Å². The van der Waals surface area contributed by atoms with Gasteiger partial charge in [0.25, 0.3) is 10.0 Å². The Morgan fingerprint density at radius 2 is 2.10 bits per heavy atom. The first-order chi connectivity index (χ1) is 9.60. The Morgan fingerprint density at radius 1 is 1.30 bits per heavy atom. The highest BCUT2D eigenvalue weighted by atomic mass is 32.2. The number of furan rings is 1. The summed E-state index contributed by atoms with van der Waals surface area (Å²) in [5.41, 5.74) is 0. The molecule has 7 nitrogen and oxygen atoms in total. The summed E-state index contributed by atoms with van der Waals surface area (Å²) in [5.74, 6) is 0.553. The van der Waals surface area contributed by atoms with Crippen molar-refractivity contribution >= 4 is 10.0 Å². The van der Waals surface area contributed by atoms with Gasteiger partial charge in [0, 0.05) is 26.8 Å². The van der Waals surface area contributed by atoms with Gasteiger partial charge < -0.3 is 19.6 Å². The maximum Gasteiger partial charge on any atom is 0.273 e. The average Bonchev–Trinajstić information content (AvgIpc) is 2.89. The van der Waals surface area contributed by atoms with Crippen LogP contribution in [0.15, 0.2) is 21.6 Å². The molecule has 1 aromatic rings. The molecule has 3 N–H and O–H groups in total. The van der Waals surface area contributed by atoms with E-state index in [2.05, 4.69) is 10.0 Å².